The molecule has 1 heterocycles. The van der Waals surface area contributed by atoms with Crippen molar-refractivity contribution in [3.63, 3.8) is 0 Å². The van der Waals surface area contributed by atoms with E-state index < -0.39 is 0 Å². The summed E-state index contributed by atoms with van der Waals surface area (Å²) in [5.74, 6) is 8.10. The van der Waals surface area contributed by atoms with Crippen molar-refractivity contribution in [1.29, 1.82) is 0 Å². The summed E-state index contributed by atoms with van der Waals surface area (Å²) in [7, 11) is 0. The Morgan fingerprint density at radius 3 is 3.00 bits per heavy atom. The van der Waals surface area contributed by atoms with Gasteiger partial charge in [-0.1, -0.05) is 23.7 Å². The molecule has 0 aromatic heterocycles. The minimum atomic E-state index is 0.537. The summed E-state index contributed by atoms with van der Waals surface area (Å²) < 4.78 is 0. The van der Waals surface area contributed by atoms with Gasteiger partial charge >= 0.3 is 0 Å². The summed E-state index contributed by atoms with van der Waals surface area (Å²) in [4.78, 5) is 4.57. The van der Waals surface area contributed by atoms with E-state index in [1.807, 2.05) is 17.8 Å². The number of thioether (sulfide) groups is 1. The molecule has 2 nitrogen and oxygen atoms in total. The van der Waals surface area contributed by atoms with Crippen LogP contribution in [0, 0.1) is 0 Å². The number of rotatable bonds is 4. The molecule has 1 atom stereocenters. The number of nitrogens with two attached hydrogens (primary N) is 1. The zero-order valence-corrected chi connectivity index (χ0v) is 10.7. The third-order valence-corrected chi connectivity index (χ3v) is 4.43. The van der Waals surface area contributed by atoms with Crippen LogP contribution in [0.5, 0.6) is 0 Å². The third kappa shape index (κ3) is 2.92. The van der Waals surface area contributed by atoms with E-state index in [9.17, 15) is 0 Å². The minimum Gasteiger partial charge on any atom is -0.304 e. The van der Waals surface area contributed by atoms with Crippen molar-refractivity contribution in [2.24, 2.45) is 5.90 Å². The largest absolute Gasteiger partial charge is 0.304 e. The van der Waals surface area contributed by atoms with Gasteiger partial charge in [-0.2, -0.15) is 11.8 Å². The zero-order valence-electron chi connectivity index (χ0n) is 9.12. The first-order valence-corrected chi connectivity index (χ1v) is 7.02. The fourth-order valence-corrected chi connectivity index (χ4v) is 3.62. The van der Waals surface area contributed by atoms with E-state index in [0.29, 0.717) is 12.5 Å². The van der Waals surface area contributed by atoms with E-state index in [2.05, 4.69) is 17.0 Å². The Bertz CT molecular complexity index is 353. The molecule has 0 bridgehead atoms. The van der Waals surface area contributed by atoms with Crippen LogP contribution >= 0.6 is 23.4 Å². The second-order valence-corrected chi connectivity index (χ2v) is 5.59. The van der Waals surface area contributed by atoms with E-state index >= 15 is 0 Å². The monoisotopic (exact) mass is 257 g/mol. The maximum absolute atomic E-state index is 6.31. The van der Waals surface area contributed by atoms with Crippen LogP contribution in [0.2, 0.25) is 5.02 Å². The quantitative estimate of drug-likeness (QED) is 0.843. The molecule has 88 valence electrons. The van der Waals surface area contributed by atoms with Crippen molar-refractivity contribution in [3.05, 3.63) is 34.3 Å². The molecule has 0 aliphatic carbocycles. The SMILES string of the molecule is NOCCc1ccc(C2CCSC2)c(Cl)c1. The molecule has 1 aromatic rings. The summed E-state index contributed by atoms with van der Waals surface area (Å²) in [6.45, 7) is 0.537. The molecule has 2 rings (SSSR count). The Balaban J connectivity index is 2.09. The molecule has 1 aliphatic rings. The molecule has 0 amide bonds. The molecular formula is C12H16ClNOS. The van der Waals surface area contributed by atoms with Crippen molar-refractivity contribution in [3.8, 4) is 0 Å². The van der Waals surface area contributed by atoms with Gasteiger partial charge in [0.15, 0.2) is 0 Å². The molecule has 0 spiro atoms. The lowest BCUT2D eigenvalue weighted by Gasteiger charge is -2.12. The maximum atomic E-state index is 6.31. The molecule has 1 aliphatic heterocycles. The van der Waals surface area contributed by atoms with E-state index in [1.54, 1.807) is 0 Å². The predicted molar refractivity (Wildman–Crippen MR) is 70.0 cm³/mol. The first-order valence-electron chi connectivity index (χ1n) is 5.49. The number of halogens is 1. The fraction of sp³-hybridized carbons (Fsp3) is 0.500. The number of hydrogen-bond donors (Lipinski definition) is 1. The molecule has 16 heavy (non-hydrogen) atoms. The Labute approximate surface area is 105 Å². The molecule has 4 heteroatoms. The molecule has 1 fully saturated rings. The highest BCUT2D eigenvalue weighted by molar-refractivity contribution is 7.99. The zero-order chi connectivity index (χ0) is 11.4. The van der Waals surface area contributed by atoms with Gasteiger partial charge in [0.05, 0.1) is 6.61 Å². The van der Waals surface area contributed by atoms with Gasteiger partial charge < -0.3 is 4.84 Å². The predicted octanol–water partition coefficient (Wildman–Crippen LogP) is 2.99. The van der Waals surface area contributed by atoms with E-state index in [-0.39, 0.29) is 0 Å². The van der Waals surface area contributed by atoms with Gasteiger partial charge in [-0.15, -0.1) is 0 Å². The van der Waals surface area contributed by atoms with Gasteiger partial charge in [0.2, 0.25) is 0 Å². The highest BCUT2D eigenvalue weighted by atomic mass is 35.5. The topological polar surface area (TPSA) is 35.2 Å². The summed E-state index contributed by atoms with van der Waals surface area (Å²) >= 11 is 8.32. The van der Waals surface area contributed by atoms with Crippen LogP contribution in [-0.2, 0) is 11.3 Å². The summed E-state index contributed by atoms with van der Waals surface area (Å²) in [6, 6.07) is 6.33. The van der Waals surface area contributed by atoms with E-state index in [4.69, 9.17) is 17.5 Å². The minimum absolute atomic E-state index is 0.537. The van der Waals surface area contributed by atoms with Gasteiger partial charge in [-0.05, 0) is 41.7 Å². The fourth-order valence-electron chi connectivity index (χ4n) is 2.01. The van der Waals surface area contributed by atoms with Crippen LogP contribution in [0.4, 0.5) is 0 Å². The van der Waals surface area contributed by atoms with Crippen LogP contribution in [0.1, 0.15) is 23.5 Å². The lowest BCUT2D eigenvalue weighted by molar-refractivity contribution is 0.141. The molecule has 2 N–H and O–H groups in total. The summed E-state index contributed by atoms with van der Waals surface area (Å²) in [5, 5.41) is 0.891. The smallest absolute Gasteiger partial charge is 0.0719 e. The summed E-state index contributed by atoms with van der Waals surface area (Å²) in [5.41, 5.74) is 2.48. The average Bonchev–Trinajstić information content (AvgIpc) is 2.80. The molecule has 1 saturated heterocycles. The highest BCUT2D eigenvalue weighted by Crippen LogP contribution is 2.36. The third-order valence-electron chi connectivity index (χ3n) is 2.94. The number of benzene rings is 1. The van der Waals surface area contributed by atoms with Crippen molar-refractivity contribution < 1.29 is 4.84 Å². The van der Waals surface area contributed by atoms with Gasteiger partial charge in [0.1, 0.15) is 0 Å². The lowest BCUT2D eigenvalue weighted by Crippen LogP contribution is -2.04. The van der Waals surface area contributed by atoms with Crippen LogP contribution in [0.15, 0.2) is 18.2 Å². The first kappa shape index (κ1) is 12.2. The molecule has 1 unspecified atom stereocenters. The van der Waals surface area contributed by atoms with Crippen molar-refractivity contribution in [2.75, 3.05) is 18.1 Å². The lowest BCUT2D eigenvalue weighted by atomic mass is 9.97. The van der Waals surface area contributed by atoms with Gasteiger partial charge in [0, 0.05) is 10.8 Å². The average molecular weight is 258 g/mol. The Kier molecular flexibility index (Phi) is 4.53. The van der Waals surface area contributed by atoms with E-state index in [1.165, 1.54) is 29.1 Å². The van der Waals surface area contributed by atoms with Gasteiger partial charge in [-0.25, -0.2) is 5.90 Å². The number of hydrogen-bond acceptors (Lipinski definition) is 3. The van der Waals surface area contributed by atoms with Crippen molar-refractivity contribution in [1.82, 2.24) is 0 Å². The van der Waals surface area contributed by atoms with Gasteiger partial charge in [0.25, 0.3) is 0 Å². The molecule has 0 radical (unpaired) electrons. The van der Waals surface area contributed by atoms with Crippen LogP contribution in [-0.4, -0.2) is 18.1 Å². The second-order valence-electron chi connectivity index (χ2n) is 4.04. The van der Waals surface area contributed by atoms with Gasteiger partial charge in [-0.3, -0.25) is 0 Å². The molecule has 0 saturated carbocycles. The van der Waals surface area contributed by atoms with Crippen LogP contribution < -0.4 is 5.90 Å². The second kappa shape index (κ2) is 5.92. The highest BCUT2D eigenvalue weighted by Gasteiger charge is 2.19. The van der Waals surface area contributed by atoms with E-state index in [0.717, 1.165) is 11.4 Å². The van der Waals surface area contributed by atoms with Crippen LogP contribution in [0.25, 0.3) is 0 Å². The normalized spacial score (nSPS) is 20.2. The standard InChI is InChI=1S/C12H16ClNOS/c13-12-7-9(3-5-15-14)1-2-11(12)10-4-6-16-8-10/h1-2,7,10H,3-6,8,14H2. The molecule has 1 aromatic carbocycles. The molecular weight excluding hydrogens is 242 g/mol. The van der Waals surface area contributed by atoms with Crippen LogP contribution in [0.3, 0.4) is 0 Å². The summed E-state index contributed by atoms with van der Waals surface area (Å²) in [6.07, 6.45) is 2.06. The Morgan fingerprint density at radius 1 is 1.50 bits per heavy atom. The van der Waals surface area contributed by atoms with Crippen molar-refractivity contribution in [2.45, 2.75) is 18.8 Å². The Hall–Kier alpha value is -0.220. The first-order chi connectivity index (χ1) is 7.81. The van der Waals surface area contributed by atoms with Crippen molar-refractivity contribution >= 4 is 23.4 Å². The Morgan fingerprint density at radius 2 is 2.38 bits per heavy atom. The maximum Gasteiger partial charge on any atom is 0.0719 e.